The van der Waals surface area contributed by atoms with Gasteiger partial charge in [0.1, 0.15) is 22.8 Å². The summed E-state index contributed by atoms with van der Waals surface area (Å²) in [6, 6.07) is 3.88. The van der Waals surface area contributed by atoms with E-state index >= 15 is 0 Å². The van der Waals surface area contributed by atoms with E-state index in [1.165, 1.54) is 12.1 Å². The van der Waals surface area contributed by atoms with Crippen molar-refractivity contribution in [2.45, 2.75) is 13.3 Å². The molecule has 0 radical (unpaired) electrons. The molecular weight excluding hydrogens is 431 g/mol. The molecule has 6 heteroatoms. The molecule has 0 aliphatic rings. The second kappa shape index (κ2) is 6.02. The van der Waals surface area contributed by atoms with Gasteiger partial charge in [0.05, 0.1) is 17.3 Å². The Balaban J connectivity index is 2.32. The average molecular weight is 445 g/mol. The fraction of sp³-hybridized carbons (Fsp3) is 0.118. The van der Waals surface area contributed by atoms with Gasteiger partial charge in [0.25, 0.3) is 0 Å². The van der Waals surface area contributed by atoms with Crippen molar-refractivity contribution < 1.29 is 22.2 Å². The highest BCUT2D eigenvalue weighted by molar-refractivity contribution is 9.11. The summed E-state index contributed by atoms with van der Waals surface area (Å²) in [7, 11) is 0. The third kappa shape index (κ3) is 2.77. The summed E-state index contributed by atoms with van der Waals surface area (Å²) in [5, 5.41) is 20.0. The number of phenols is 2. The summed E-state index contributed by atoms with van der Waals surface area (Å²) in [5.74, 6) is -0.424. The van der Waals surface area contributed by atoms with Gasteiger partial charge in [-0.25, -0.2) is 0 Å². The first-order valence-corrected chi connectivity index (χ1v) is 8.32. The molecule has 0 aliphatic carbocycles. The van der Waals surface area contributed by atoms with Gasteiger partial charge in [0.15, 0.2) is 5.78 Å². The molecule has 0 saturated heterocycles. The third-order valence-electron chi connectivity index (χ3n) is 3.41. The van der Waals surface area contributed by atoms with Crippen molar-refractivity contribution in [3.8, 4) is 11.5 Å². The van der Waals surface area contributed by atoms with Crippen LogP contribution in [0.5, 0.6) is 11.5 Å². The standard InChI is InChI=1S/C17H12Br2O4/c1-2-13-15(10-4-3-9(20)7-14(10)23-13)16(21)8-5-11(18)17(22)12(19)6-8/h3-7,20,22H,2H2,1H3/i1+1,2+1,5D,6D,13+1. The molecule has 0 saturated carbocycles. The normalized spacial score (nSPS) is 12.3. The molecule has 2 aromatic carbocycles. The van der Waals surface area contributed by atoms with E-state index in [9.17, 15) is 15.0 Å². The first-order chi connectivity index (χ1) is 11.8. The second-order valence-electron chi connectivity index (χ2n) is 4.86. The van der Waals surface area contributed by atoms with Crippen LogP contribution in [0.15, 0.2) is 43.6 Å². The van der Waals surface area contributed by atoms with Crippen LogP contribution in [0.1, 0.15) is 31.3 Å². The van der Waals surface area contributed by atoms with E-state index in [2.05, 4.69) is 31.9 Å². The van der Waals surface area contributed by atoms with Gasteiger partial charge in [-0.3, -0.25) is 4.79 Å². The molecule has 1 heterocycles. The van der Waals surface area contributed by atoms with E-state index in [0.29, 0.717) is 23.2 Å². The zero-order valence-corrected chi connectivity index (χ0v) is 15.1. The molecule has 3 aromatic rings. The number of furan rings is 1. The predicted octanol–water partition coefficient (Wildman–Crippen LogP) is 5.16. The van der Waals surface area contributed by atoms with E-state index < -0.39 is 5.78 Å². The van der Waals surface area contributed by atoms with Crippen LogP contribution in [0.4, 0.5) is 0 Å². The summed E-state index contributed by atoms with van der Waals surface area (Å²) in [4.78, 5) is 13.2. The largest absolute Gasteiger partial charge is 0.508 e. The Hall–Kier alpha value is -1.79. The maximum atomic E-state index is 13.2. The second-order valence-corrected chi connectivity index (χ2v) is 6.45. The Kier molecular flexibility index (Phi) is 3.57. The summed E-state index contributed by atoms with van der Waals surface area (Å²) >= 11 is 6.16. The number of ketones is 1. The molecule has 0 fully saturated rings. The topological polar surface area (TPSA) is 70.7 Å². The minimum absolute atomic E-state index is 0.0142. The van der Waals surface area contributed by atoms with Crippen LogP contribution in [0, 0.1) is 0 Å². The number of carbonyl (C=O) groups is 1. The molecule has 0 amide bonds. The fourth-order valence-electron chi connectivity index (χ4n) is 2.34. The zero-order chi connectivity index (χ0) is 18.5. The van der Waals surface area contributed by atoms with Crippen molar-refractivity contribution in [3.63, 3.8) is 0 Å². The number of hydrogen-bond donors (Lipinski definition) is 2. The summed E-state index contributed by atoms with van der Waals surface area (Å²) in [6.45, 7) is 1.82. The minimum Gasteiger partial charge on any atom is -0.508 e. The number of phenolic OH excluding ortho intramolecular Hbond substituents is 2. The lowest BCUT2D eigenvalue weighted by Gasteiger charge is -2.06. The molecular formula is C17H12Br2O4. The molecule has 0 bridgehead atoms. The third-order valence-corrected chi connectivity index (χ3v) is 4.55. The lowest BCUT2D eigenvalue weighted by Crippen LogP contribution is -2.03. The number of carbonyl (C=O) groups excluding carboxylic acids is 1. The Morgan fingerprint density at radius 1 is 1.26 bits per heavy atom. The molecule has 23 heavy (non-hydrogen) atoms. The van der Waals surface area contributed by atoms with Crippen LogP contribution in [0.25, 0.3) is 11.0 Å². The minimum atomic E-state index is -0.544. The van der Waals surface area contributed by atoms with Crippen molar-refractivity contribution in [2.75, 3.05) is 0 Å². The SMILES string of the molecule is [2H]c1c(Br)c(O)c(Br)c([2H])c1C(=O)c1c2ccc(O)cc2o[13c]1[13CH2][13CH3]. The van der Waals surface area contributed by atoms with Gasteiger partial charge in [-0.1, -0.05) is 6.92 Å². The van der Waals surface area contributed by atoms with Crippen LogP contribution in [0.2, 0.25) is 0 Å². The Bertz CT molecular complexity index is 998. The lowest BCUT2D eigenvalue weighted by molar-refractivity contribution is 0.103. The van der Waals surface area contributed by atoms with Crippen molar-refractivity contribution in [3.05, 3.63) is 56.1 Å². The number of rotatable bonds is 3. The van der Waals surface area contributed by atoms with Crippen molar-refractivity contribution in [2.24, 2.45) is 0 Å². The van der Waals surface area contributed by atoms with Crippen molar-refractivity contribution >= 4 is 48.6 Å². The fourth-order valence-corrected chi connectivity index (χ4v) is 3.40. The summed E-state index contributed by atoms with van der Waals surface area (Å²) in [6.07, 6.45) is 0.428. The highest BCUT2D eigenvalue weighted by atomic mass is 79.9. The van der Waals surface area contributed by atoms with Crippen LogP contribution < -0.4 is 0 Å². The molecule has 0 spiro atoms. The number of benzene rings is 2. The Morgan fingerprint density at radius 2 is 1.91 bits per heavy atom. The lowest BCUT2D eigenvalue weighted by atomic mass is 10.0. The van der Waals surface area contributed by atoms with Crippen LogP contribution in [-0.4, -0.2) is 16.0 Å². The van der Waals surface area contributed by atoms with Crippen molar-refractivity contribution in [1.29, 1.82) is 0 Å². The summed E-state index contributed by atoms with van der Waals surface area (Å²) < 4.78 is 22.0. The van der Waals surface area contributed by atoms with Crippen LogP contribution >= 0.6 is 31.9 Å². The van der Waals surface area contributed by atoms with E-state index in [0.717, 1.165) is 0 Å². The van der Waals surface area contributed by atoms with Gasteiger partial charge in [-0.05, 0) is 56.1 Å². The molecule has 0 aliphatic heterocycles. The monoisotopic (exact) mass is 443 g/mol. The average Bonchev–Trinajstić information content (AvgIpc) is 2.95. The number of hydrogen-bond acceptors (Lipinski definition) is 4. The van der Waals surface area contributed by atoms with Crippen LogP contribution in [0.3, 0.4) is 0 Å². The smallest absolute Gasteiger partial charge is 0.197 e. The van der Waals surface area contributed by atoms with Gasteiger partial charge < -0.3 is 14.6 Å². The van der Waals surface area contributed by atoms with E-state index in [1.807, 2.05) is 6.92 Å². The van der Waals surface area contributed by atoms with Gasteiger partial charge in [0.2, 0.25) is 0 Å². The highest BCUT2D eigenvalue weighted by Gasteiger charge is 2.22. The van der Waals surface area contributed by atoms with Gasteiger partial charge >= 0.3 is 0 Å². The van der Waals surface area contributed by atoms with Gasteiger partial charge in [0, 0.05) is 23.4 Å². The number of aryl methyl sites for hydroxylation is 1. The van der Waals surface area contributed by atoms with Crippen LogP contribution in [-0.2, 0) is 6.42 Å². The van der Waals surface area contributed by atoms with Gasteiger partial charge in [-0.15, -0.1) is 0 Å². The quantitative estimate of drug-likeness (QED) is 0.432. The molecule has 118 valence electrons. The first-order valence-electron chi connectivity index (χ1n) is 7.74. The molecule has 3 rings (SSSR count). The Morgan fingerprint density at radius 3 is 2.52 bits per heavy atom. The number of aromatic hydroxyl groups is 2. The molecule has 2 N–H and O–H groups in total. The first kappa shape index (κ1) is 13.6. The van der Waals surface area contributed by atoms with E-state index in [1.54, 1.807) is 6.07 Å². The molecule has 0 unspecified atom stereocenters. The van der Waals surface area contributed by atoms with Crippen molar-refractivity contribution in [1.82, 2.24) is 0 Å². The molecule has 4 nitrogen and oxygen atoms in total. The molecule has 1 aromatic heterocycles. The predicted molar refractivity (Wildman–Crippen MR) is 94.2 cm³/mol. The zero-order valence-electron chi connectivity index (χ0n) is 13.9. The maximum absolute atomic E-state index is 13.2. The van der Waals surface area contributed by atoms with E-state index in [-0.39, 0.29) is 43.7 Å². The number of halogens is 2. The summed E-state index contributed by atoms with van der Waals surface area (Å²) in [5.41, 5.74) is 0.459. The van der Waals surface area contributed by atoms with Gasteiger partial charge in [-0.2, -0.15) is 0 Å². The Labute approximate surface area is 151 Å². The number of fused-ring (bicyclic) bond motifs is 1. The maximum Gasteiger partial charge on any atom is 0.197 e. The molecule has 0 atom stereocenters. The van der Waals surface area contributed by atoms with E-state index in [4.69, 9.17) is 7.16 Å². The highest BCUT2D eigenvalue weighted by Crippen LogP contribution is 2.36.